The number of nitrogens with one attached hydrogen (secondary N) is 1. The molecule has 0 aromatic heterocycles. The van der Waals surface area contributed by atoms with Gasteiger partial charge >= 0.3 is 0 Å². The second-order valence-corrected chi connectivity index (χ2v) is 10.5. The number of benzene rings is 4. The zero-order valence-corrected chi connectivity index (χ0v) is 21.9. The van der Waals surface area contributed by atoms with Crippen LogP contribution in [0.2, 0.25) is 0 Å². The smallest absolute Gasteiger partial charge is 0.261 e. The molecule has 0 spiro atoms. The van der Waals surface area contributed by atoms with Crippen LogP contribution < -0.4 is 14.8 Å². The molecule has 1 aliphatic carbocycles. The molecular formula is C33H28N2O5. The van der Waals surface area contributed by atoms with Crippen LogP contribution >= 0.6 is 0 Å². The zero-order valence-electron chi connectivity index (χ0n) is 21.9. The van der Waals surface area contributed by atoms with Gasteiger partial charge in [-0.05, 0) is 77.9 Å². The van der Waals surface area contributed by atoms with E-state index in [-0.39, 0.29) is 32.5 Å². The summed E-state index contributed by atoms with van der Waals surface area (Å²) < 4.78 is 11.0. The van der Waals surface area contributed by atoms with Crippen molar-refractivity contribution in [1.82, 2.24) is 4.90 Å². The molecule has 1 fully saturated rings. The van der Waals surface area contributed by atoms with Crippen molar-refractivity contribution in [2.75, 3.05) is 12.1 Å². The molecule has 0 bridgehead atoms. The first-order chi connectivity index (χ1) is 19.5. The number of carbonyl (C=O) groups is 3. The van der Waals surface area contributed by atoms with Crippen LogP contribution in [0, 0.1) is 6.92 Å². The van der Waals surface area contributed by atoms with Gasteiger partial charge < -0.3 is 14.8 Å². The van der Waals surface area contributed by atoms with Gasteiger partial charge in [0.15, 0.2) is 11.5 Å². The lowest BCUT2D eigenvalue weighted by molar-refractivity contribution is -0.118. The summed E-state index contributed by atoms with van der Waals surface area (Å²) in [7, 11) is 0. The van der Waals surface area contributed by atoms with Crippen molar-refractivity contribution >= 4 is 23.4 Å². The molecular weight excluding hydrogens is 504 g/mol. The highest BCUT2D eigenvalue weighted by Crippen LogP contribution is 2.51. The Balaban J connectivity index is 0.00000302. The first-order valence-electron chi connectivity index (χ1n) is 13.3. The second kappa shape index (κ2) is 9.09. The largest absolute Gasteiger partial charge is 0.454 e. The Labute approximate surface area is 232 Å². The fourth-order valence-corrected chi connectivity index (χ4v) is 5.74. The van der Waals surface area contributed by atoms with Crippen LogP contribution in [0.1, 0.15) is 51.7 Å². The molecule has 4 aromatic rings. The summed E-state index contributed by atoms with van der Waals surface area (Å²) in [6.45, 7) is 2.33. The standard InChI is InChI=1S/C33H26N2O5.H2/c1-20-23(24-8-3-2-7-21(24)18-35-30(36)25-9-4-5-10-26(25)31(35)37)11-6-12-27(20)34-32(38)33(15-16-33)22-13-14-28-29(17-22)40-19-39-28;/h2-14,17H,15-16,18-19H2,1H3,(H,34,38);1H. The summed E-state index contributed by atoms with van der Waals surface area (Å²) in [6, 6.07) is 26.2. The summed E-state index contributed by atoms with van der Waals surface area (Å²) in [4.78, 5) is 41.0. The van der Waals surface area contributed by atoms with E-state index in [0.717, 1.165) is 46.3 Å². The number of carbonyl (C=O) groups excluding carboxylic acids is 3. The van der Waals surface area contributed by atoms with Crippen LogP contribution in [0.5, 0.6) is 11.5 Å². The lowest BCUT2D eigenvalue weighted by Crippen LogP contribution is -2.29. The van der Waals surface area contributed by atoms with Gasteiger partial charge in [-0.2, -0.15) is 0 Å². The van der Waals surface area contributed by atoms with E-state index in [1.165, 1.54) is 4.90 Å². The van der Waals surface area contributed by atoms with Crippen molar-refractivity contribution in [3.63, 3.8) is 0 Å². The molecule has 7 nitrogen and oxygen atoms in total. The van der Waals surface area contributed by atoms with Crippen molar-refractivity contribution in [2.24, 2.45) is 0 Å². The number of rotatable bonds is 6. The van der Waals surface area contributed by atoms with E-state index in [9.17, 15) is 14.4 Å². The van der Waals surface area contributed by atoms with Gasteiger partial charge in [0.05, 0.1) is 23.1 Å². The summed E-state index contributed by atoms with van der Waals surface area (Å²) in [5.41, 5.74) is 5.52. The molecule has 3 aliphatic rings. The molecule has 3 amide bonds. The van der Waals surface area contributed by atoms with Gasteiger partial charge in [0.1, 0.15) is 0 Å². The highest BCUT2D eigenvalue weighted by Gasteiger charge is 2.51. The fraction of sp³-hybridized carbons (Fsp3) is 0.182. The van der Waals surface area contributed by atoms with E-state index in [2.05, 4.69) is 5.32 Å². The Morgan fingerprint density at radius 2 is 1.48 bits per heavy atom. The molecule has 7 rings (SSSR count). The third kappa shape index (κ3) is 3.77. The molecule has 2 aliphatic heterocycles. The fourth-order valence-electron chi connectivity index (χ4n) is 5.74. The molecule has 200 valence electrons. The number of nitrogens with zero attached hydrogens (tertiary/aromatic N) is 1. The van der Waals surface area contributed by atoms with E-state index in [1.807, 2.05) is 67.6 Å². The molecule has 1 saturated carbocycles. The highest BCUT2D eigenvalue weighted by molar-refractivity contribution is 6.21. The Morgan fingerprint density at radius 1 is 0.825 bits per heavy atom. The Bertz CT molecular complexity index is 1690. The van der Waals surface area contributed by atoms with Crippen molar-refractivity contribution in [3.8, 4) is 22.6 Å². The van der Waals surface area contributed by atoms with Crippen molar-refractivity contribution in [1.29, 1.82) is 0 Å². The number of imide groups is 1. The van der Waals surface area contributed by atoms with Gasteiger partial charge in [-0.1, -0.05) is 54.6 Å². The number of amides is 3. The van der Waals surface area contributed by atoms with E-state index < -0.39 is 5.41 Å². The van der Waals surface area contributed by atoms with Gasteiger partial charge in [0, 0.05) is 7.11 Å². The predicted octanol–water partition coefficient (Wildman–Crippen LogP) is 6.10. The quantitative estimate of drug-likeness (QED) is 0.303. The van der Waals surface area contributed by atoms with Crippen LogP contribution in [0.3, 0.4) is 0 Å². The molecule has 0 unspecified atom stereocenters. The predicted molar refractivity (Wildman–Crippen MR) is 151 cm³/mol. The zero-order chi connectivity index (χ0) is 27.4. The number of hydrogen-bond acceptors (Lipinski definition) is 5. The van der Waals surface area contributed by atoms with E-state index in [0.29, 0.717) is 22.6 Å². The van der Waals surface area contributed by atoms with Crippen molar-refractivity contribution in [3.05, 3.63) is 113 Å². The SMILES string of the molecule is Cc1c(NC(=O)C2(c3ccc4c(c3)OCO4)CC2)cccc1-c1ccccc1CN1C(=O)c2ccccc2C1=O.[HH]. The molecule has 0 atom stereocenters. The van der Waals surface area contributed by atoms with Gasteiger partial charge in [0.25, 0.3) is 11.8 Å². The maximum atomic E-state index is 13.6. The first kappa shape index (κ1) is 24.2. The number of anilines is 1. The molecule has 4 aromatic carbocycles. The summed E-state index contributed by atoms with van der Waals surface area (Å²) in [5.74, 6) is 0.747. The lowest BCUT2D eigenvalue weighted by Gasteiger charge is -2.20. The van der Waals surface area contributed by atoms with Crippen molar-refractivity contribution in [2.45, 2.75) is 31.7 Å². The van der Waals surface area contributed by atoms with Crippen LogP contribution in [-0.4, -0.2) is 29.4 Å². The van der Waals surface area contributed by atoms with Crippen LogP contribution in [0.4, 0.5) is 5.69 Å². The number of ether oxygens (including phenoxy) is 2. The molecule has 1 N–H and O–H groups in total. The van der Waals surface area contributed by atoms with E-state index in [4.69, 9.17) is 9.47 Å². The highest BCUT2D eigenvalue weighted by atomic mass is 16.7. The van der Waals surface area contributed by atoms with E-state index >= 15 is 0 Å². The number of hydrogen-bond donors (Lipinski definition) is 1. The average molecular weight is 533 g/mol. The summed E-state index contributed by atoms with van der Waals surface area (Å²) >= 11 is 0. The summed E-state index contributed by atoms with van der Waals surface area (Å²) in [6.07, 6.45) is 1.53. The average Bonchev–Trinajstić information content (AvgIpc) is 3.60. The first-order valence-corrected chi connectivity index (χ1v) is 13.3. The molecule has 0 saturated heterocycles. The molecule has 2 heterocycles. The second-order valence-electron chi connectivity index (χ2n) is 10.5. The van der Waals surface area contributed by atoms with E-state index in [1.54, 1.807) is 24.3 Å². The topological polar surface area (TPSA) is 84.9 Å². The molecule has 7 heteroatoms. The maximum Gasteiger partial charge on any atom is 0.261 e. The normalized spacial score (nSPS) is 16.2. The minimum atomic E-state index is -0.590. The molecule has 0 radical (unpaired) electrons. The van der Waals surface area contributed by atoms with Crippen LogP contribution in [0.25, 0.3) is 11.1 Å². The van der Waals surface area contributed by atoms with Crippen LogP contribution in [0.15, 0.2) is 84.9 Å². The maximum absolute atomic E-state index is 13.6. The van der Waals surface area contributed by atoms with Crippen LogP contribution in [-0.2, 0) is 16.8 Å². The third-order valence-corrected chi connectivity index (χ3v) is 8.21. The molecule has 40 heavy (non-hydrogen) atoms. The Kier molecular flexibility index (Phi) is 5.49. The monoisotopic (exact) mass is 532 g/mol. The van der Waals surface area contributed by atoms with Gasteiger partial charge in [-0.15, -0.1) is 0 Å². The van der Waals surface area contributed by atoms with Crippen molar-refractivity contribution < 1.29 is 25.3 Å². The van der Waals surface area contributed by atoms with Gasteiger partial charge in [0.2, 0.25) is 12.7 Å². The minimum Gasteiger partial charge on any atom is -0.454 e. The van der Waals surface area contributed by atoms with Gasteiger partial charge in [-0.3, -0.25) is 19.3 Å². The van der Waals surface area contributed by atoms with Gasteiger partial charge in [-0.25, -0.2) is 0 Å². The lowest BCUT2D eigenvalue weighted by atomic mass is 9.92. The Morgan fingerprint density at radius 3 is 2.20 bits per heavy atom. The Hall–Kier alpha value is -4.91. The third-order valence-electron chi connectivity index (χ3n) is 8.21. The minimum absolute atomic E-state index is 0. The summed E-state index contributed by atoms with van der Waals surface area (Å²) in [5, 5.41) is 3.18. The number of fused-ring (bicyclic) bond motifs is 2.